The van der Waals surface area contributed by atoms with Crippen molar-refractivity contribution in [3.8, 4) is 0 Å². The molecular weight excluding hydrogens is 166 g/mol. The Balaban J connectivity index is 2.72. The summed E-state index contributed by atoms with van der Waals surface area (Å²) in [5, 5.41) is 16.6. The van der Waals surface area contributed by atoms with Crippen LogP contribution in [0.25, 0.3) is 11.0 Å². The molecule has 0 unspecified atom stereocenters. The van der Waals surface area contributed by atoms with Crippen LogP contribution in [0.4, 0.5) is 0 Å². The third-order valence-corrected chi connectivity index (χ3v) is 1.87. The van der Waals surface area contributed by atoms with E-state index < -0.39 is 0 Å². The standard InChI is InChI=1S/C9H9N3O/c1-6-3-2-4-7-9(6)12-11-8(5-13)10-7/h2-4,13H,5H2,1H3. The number of rotatable bonds is 1. The Hall–Kier alpha value is -1.55. The van der Waals surface area contributed by atoms with E-state index in [1.54, 1.807) is 0 Å². The topological polar surface area (TPSA) is 58.9 Å². The monoisotopic (exact) mass is 175 g/mol. The summed E-state index contributed by atoms with van der Waals surface area (Å²) in [6.45, 7) is 1.79. The fourth-order valence-electron chi connectivity index (χ4n) is 1.20. The smallest absolute Gasteiger partial charge is 0.177 e. The predicted octanol–water partition coefficient (Wildman–Crippen LogP) is 0.826. The number of hydrogen-bond donors (Lipinski definition) is 1. The highest BCUT2D eigenvalue weighted by Crippen LogP contribution is 2.11. The van der Waals surface area contributed by atoms with Crippen molar-refractivity contribution in [1.82, 2.24) is 15.2 Å². The average Bonchev–Trinajstić information content (AvgIpc) is 2.18. The number of aromatic nitrogens is 3. The second kappa shape index (κ2) is 3.06. The molecule has 1 N–H and O–H groups in total. The Bertz CT molecular complexity index is 442. The Morgan fingerprint density at radius 1 is 1.31 bits per heavy atom. The van der Waals surface area contributed by atoms with Crippen LogP contribution in [0.1, 0.15) is 11.4 Å². The molecule has 0 aliphatic rings. The van der Waals surface area contributed by atoms with Gasteiger partial charge >= 0.3 is 0 Å². The van der Waals surface area contributed by atoms with Gasteiger partial charge in [-0.15, -0.1) is 10.2 Å². The highest BCUT2D eigenvalue weighted by atomic mass is 16.3. The number of nitrogens with zero attached hydrogens (tertiary/aromatic N) is 3. The fraction of sp³-hybridized carbons (Fsp3) is 0.222. The second-order valence-electron chi connectivity index (χ2n) is 2.83. The number of aliphatic hydroxyl groups is 1. The molecule has 4 nitrogen and oxygen atoms in total. The molecule has 0 aliphatic heterocycles. The predicted molar refractivity (Wildman–Crippen MR) is 48.0 cm³/mol. The van der Waals surface area contributed by atoms with Gasteiger partial charge in [-0.2, -0.15) is 0 Å². The lowest BCUT2D eigenvalue weighted by Crippen LogP contribution is -1.98. The van der Waals surface area contributed by atoms with Crippen molar-refractivity contribution in [3.05, 3.63) is 29.6 Å². The van der Waals surface area contributed by atoms with E-state index in [4.69, 9.17) is 5.11 Å². The Morgan fingerprint density at radius 2 is 2.15 bits per heavy atom. The summed E-state index contributed by atoms with van der Waals surface area (Å²) >= 11 is 0. The van der Waals surface area contributed by atoms with Crippen LogP contribution < -0.4 is 0 Å². The molecule has 0 amide bonds. The van der Waals surface area contributed by atoms with E-state index in [0.717, 1.165) is 16.6 Å². The van der Waals surface area contributed by atoms with Crippen molar-refractivity contribution < 1.29 is 5.11 Å². The first kappa shape index (κ1) is 8.07. The van der Waals surface area contributed by atoms with Gasteiger partial charge in [0.2, 0.25) is 0 Å². The van der Waals surface area contributed by atoms with Crippen LogP contribution in [0.15, 0.2) is 18.2 Å². The van der Waals surface area contributed by atoms with E-state index in [1.807, 2.05) is 25.1 Å². The van der Waals surface area contributed by atoms with Gasteiger partial charge in [0.15, 0.2) is 5.82 Å². The largest absolute Gasteiger partial charge is 0.388 e. The number of aryl methyl sites for hydroxylation is 1. The minimum absolute atomic E-state index is 0.170. The van der Waals surface area contributed by atoms with Crippen molar-refractivity contribution in [3.63, 3.8) is 0 Å². The highest BCUT2D eigenvalue weighted by molar-refractivity contribution is 5.76. The Kier molecular flexibility index (Phi) is 1.90. The Labute approximate surface area is 75.3 Å². The summed E-state index contributed by atoms with van der Waals surface area (Å²) in [7, 11) is 0. The van der Waals surface area contributed by atoms with Crippen molar-refractivity contribution in [2.24, 2.45) is 0 Å². The molecule has 0 bridgehead atoms. The van der Waals surface area contributed by atoms with Crippen LogP contribution in [0.5, 0.6) is 0 Å². The molecule has 0 fully saturated rings. The molecule has 1 aromatic heterocycles. The van der Waals surface area contributed by atoms with Crippen LogP contribution in [0.2, 0.25) is 0 Å². The lowest BCUT2D eigenvalue weighted by molar-refractivity contribution is 0.270. The number of fused-ring (bicyclic) bond motifs is 1. The van der Waals surface area contributed by atoms with Gasteiger partial charge < -0.3 is 5.11 Å². The summed E-state index contributed by atoms with van der Waals surface area (Å²) in [5.74, 6) is 0.359. The summed E-state index contributed by atoms with van der Waals surface area (Å²) in [4.78, 5) is 4.13. The summed E-state index contributed by atoms with van der Waals surface area (Å²) in [5.41, 5.74) is 2.61. The molecule has 0 saturated carbocycles. The molecule has 0 atom stereocenters. The van der Waals surface area contributed by atoms with Crippen LogP contribution in [0, 0.1) is 6.92 Å². The SMILES string of the molecule is Cc1cccc2nc(CO)nnc12. The zero-order valence-electron chi connectivity index (χ0n) is 7.23. The minimum atomic E-state index is -0.170. The molecule has 0 aliphatic carbocycles. The molecule has 4 heteroatoms. The van der Waals surface area contributed by atoms with E-state index in [9.17, 15) is 0 Å². The quantitative estimate of drug-likeness (QED) is 0.697. The van der Waals surface area contributed by atoms with Gasteiger partial charge in [0.05, 0.1) is 5.52 Å². The number of hydrogen-bond acceptors (Lipinski definition) is 4. The van der Waals surface area contributed by atoms with Gasteiger partial charge in [0.25, 0.3) is 0 Å². The highest BCUT2D eigenvalue weighted by Gasteiger charge is 2.01. The minimum Gasteiger partial charge on any atom is -0.388 e. The molecule has 0 spiro atoms. The number of benzene rings is 1. The molecule has 0 radical (unpaired) electrons. The van der Waals surface area contributed by atoms with Crippen LogP contribution in [-0.2, 0) is 6.61 Å². The van der Waals surface area contributed by atoms with Crippen molar-refractivity contribution >= 4 is 11.0 Å². The van der Waals surface area contributed by atoms with Crippen LogP contribution in [-0.4, -0.2) is 20.3 Å². The molecule has 66 valence electrons. The van der Waals surface area contributed by atoms with Gasteiger partial charge in [-0.05, 0) is 18.6 Å². The van der Waals surface area contributed by atoms with E-state index in [-0.39, 0.29) is 6.61 Å². The van der Waals surface area contributed by atoms with Gasteiger partial charge in [-0.3, -0.25) is 0 Å². The second-order valence-corrected chi connectivity index (χ2v) is 2.83. The zero-order chi connectivity index (χ0) is 9.26. The maximum absolute atomic E-state index is 8.80. The molecule has 2 rings (SSSR count). The van der Waals surface area contributed by atoms with E-state index >= 15 is 0 Å². The third-order valence-electron chi connectivity index (χ3n) is 1.87. The first-order chi connectivity index (χ1) is 6.31. The Morgan fingerprint density at radius 3 is 2.92 bits per heavy atom. The zero-order valence-corrected chi connectivity index (χ0v) is 7.23. The molecule has 0 saturated heterocycles. The summed E-state index contributed by atoms with van der Waals surface area (Å²) in [6.07, 6.45) is 0. The molecule has 1 aromatic carbocycles. The maximum Gasteiger partial charge on any atom is 0.177 e. The van der Waals surface area contributed by atoms with Crippen LogP contribution >= 0.6 is 0 Å². The summed E-state index contributed by atoms with van der Waals surface area (Å²) in [6, 6.07) is 5.72. The molecular formula is C9H9N3O. The average molecular weight is 175 g/mol. The van der Waals surface area contributed by atoms with E-state index in [2.05, 4.69) is 15.2 Å². The van der Waals surface area contributed by atoms with Crippen molar-refractivity contribution in [2.45, 2.75) is 13.5 Å². The maximum atomic E-state index is 8.80. The van der Waals surface area contributed by atoms with Gasteiger partial charge in [0, 0.05) is 0 Å². The van der Waals surface area contributed by atoms with Crippen molar-refractivity contribution in [1.29, 1.82) is 0 Å². The van der Waals surface area contributed by atoms with E-state index in [0.29, 0.717) is 5.82 Å². The van der Waals surface area contributed by atoms with Gasteiger partial charge in [0.1, 0.15) is 12.1 Å². The molecule has 2 aromatic rings. The first-order valence-corrected chi connectivity index (χ1v) is 4.01. The van der Waals surface area contributed by atoms with Gasteiger partial charge in [-0.25, -0.2) is 4.98 Å². The van der Waals surface area contributed by atoms with Crippen LogP contribution in [0.3, 0.4) is 0 Å². The molecule has 1 heterocycles. The third kappa shape index (κ3) is 1.36. The summed E-state index contributed by atoms with van der Waals surface area (Å²) < 4.78 is 0. The molecule has 13 heavy (non-hydrogen) atoms. The number of aliphatic hydroxyl groups excluding tert-OH is 1. The van der Waals surface area contributed by atoms with E-state index in [1.165, 1.54) is 0 Å². The fourth-order valence-corrected chi connectivity index (χ4v) is 1.20. The lowest BCUT2D eigenvalue weighted by atomic mass is 10.2. The normalized spacial score (nSPS) is 10.6. The van der Waals surface area contributed by atoms with Gasteiger partial charge in [-0.1, -0.05) is 12.1 Å². The lowest BCUT2D eigenvalue weighted by Gasteiger charge is -1.99. The van der Waals surface area contributed by atoms with Crippen molar-refractivity contribution in [2.75, 3.05) is 0 Å². The first-order valence-electron chi connectivity index (χ1n) is 4.01.